The number of hydrogen-bond acceptors (Lipinski definition) is 5. The second kappa shape index (κ2) is 9.45. The van der Waals surface area contributed by atoms with Crippen LogP contribution < -0.4 is 5.32 Å². The molecule has 11 heteroatoms. The van der Waals surface area contributed by atoms with Gasteiger partial charge in [0.25, 0.3) is 0 Å². The largest absolute Gasteiger partial charge is 0.469 e. The highest BCUT2D eigenvalue weighted by Crippen LogP contribution is 2.41. The maximum absolute atomic E-state index is 12.4. The first kappa shape index (κ1) is 22.1. The van der Waals surface area contributed by atoms with Gasteiger partial charge in [-0.05, 0) is 19.1 Å². The molecule has 2 heterocycles. The van der Waals surface area contributed by atoms with Gasteiger partial charge in [0.05, 0.1) is 43.4 Å². The fourth-order valence-corrected chi connectivity index (χ4v) is 4.15. The molecule has 2 aromatic heterocycles. The minimum Gasteiger partial charge on any atom is -0.469 e. The van der Waals surface area contributed by atoms with Crippen molar-refractivity contribution < 1.29 is 9.21 Å². The number of carbonyl (C=O) groups is 1. The van der Waals surface area contributed by atoms with Gasteiger partial charge in [0, 0.05) is 6.54 Å². The summed E-state index contributed by atoms with van der Waals surface area (Å²) >= 11 is 25.5. The van der Waals surface area contributed by atoms with Crippen molar-refractivity contribution in [2.24, 2.45) is 0 Å². The predicted octanol–water partition coefficient (Wildman–Crippen LogP) is 6.38. The van der Waals surface area contributed by atoms with E-state index < -0.39 is 0 Å². The van der Waals surface area contributed by atoms with Crippen molar-refractivity contribution in [3.63, 3.8) is 0 Å². The third-order valence-corrected chi connectivity index (χ3v) is 6.38. The van der Waals surface area contributed by atoms with Gasteiger partial charge >= 0.3 is 0 Å². The summed E-state index contributed by atoms with van der Waals surface area (Å²) in [4.78, 5) is 12.4. The lowest BCUT2D eigenvalue weighted by Crippen LogP contribution is -2.15. The van der Waals surface area contributed by atoms with E-state index in [2.05, 4.69) is 22.1 Å². The van der Waals surface area contributed by atoms with E-state index in [-0.39, 0.29) is 37.4 Å². The van der Waals surface area contributed by atoms with E-state index >= 15 is 0 Å². The van der Waals surface area contributed by atoms with Gasteiger partial charge in [0.1, 0.15) is 5.76 Å². The molecule has 3 rings (SSSR count). The van der Waals surface area contributed by atoms with E-state index in [1.54, 1.807) is 12.3 Å². The molecular formula is C18H14Cl4N4O2S. The van der Waals surface area contributed by atoms with Gasteiger partial charge in [-0.25, -0.2) is 0 Å². The molecule has 0 saturated carbocycles. The molecule has 0 atom stereocenters. The zero-order chi connectivity index (χ0) is 21.1. The Morgan fingerprint density at radius 2 is 1.97 bits per heavy atom. The van der Waals surface area contributed by atoms with Crippen LogP contribution in [0.2, 0.25) is 20.1 Å². The van der Waals surface area contributed by atoms with Crippen molar-refractivity contribution in [3.8, 4) is 11.4 Å². The number of hydrogen-bond donors (Lipinski definition) is 1. The molecule has 1 amide bonds. The summed E-state index contributed by atoms with van der Waals surface area (Å²) in [5.41, 5.74) is 0.987. The number of nitrogens with one attached hydrogen (secondary N) is 1. The van der Waals surface area contributed by atoms with E-state index in [1.807, 2.05) is 17.6 Å². The number of thioether (sulfide) groups is 1. The van der Waals surface area contributed by atoms with Gasteiger partial charge in [0.2, 0.25) is 5.91 Å². The summed E-state index contributed by atoms with van der Waals surface area (Å²) in [6, 6.07) is 3.22. The van der Waals surface area contributed by atoms with Gasteiger partial charge in [-0.1, -0.05) is 64.2 Å². The number of amides is 1. The van der Waals surface area contributed by atoms with E-state index in [4.69, 9.17) is 50.8 Å². The van der Waals surface area contributed by atoms with Crippen molar-refractivity contribution in [3.05, 3.63) is 56.9 Å². The SMILES string of the molecule is C=CCn1c(SCC(=O)Nc2c(Cl)c(Cl)cc(Cl)c2Cl)nnc1-c1ccoc1C. The second-order valence-electron chi connectivity index (χ2n) is 5.78. The number of anilines is 1. The minimum absolute atomic E-state index is 0.0381. The van der Waals surface area contributed by atoms with Crippen LogP contribution in [0, 0.1) is 6.92 Å². The predicted molar refractivity (Wildman–Crippen MR) is 118 cm³/mol. The monoisotopic (exact) mass is 490 g/mol. The summed E-state index contributed by atoms with van der Waals surface area (Å²) in [7, 11) is 0. The third kappa shape index (κ3) is 4.75. The van der Waals surface area contributed by atoms with Gasteiger partial charge in [-0.15, -0.1) is 16.8 Å². The van der Waals surface area contributed by atoms with Crippen molar-refractivity contribution >= 4 is 69.8 Å². The molecular weight excluding hydrogens is 478 g/mol. The third-order valence-electron chi connectivity index (χ3n) is 3.84. The molecule has 3 aromatic rings. The van der Waals surface area contributed by atoms with Crippen LogP contribution >= 0.6 is 58.2 Å². The Bertz CT molecular complexity index is 1050. The maximum Gasteiger partial charge on any atom is 0.234 e. The Morgan fingerprint density at radius 3 is 2.55 bits per heavy atom. The van der Waals surface area contributed by atoms with Crippen LogP contribution in [-0.2, 0) is 11.3 Å². The number of halogens is 4. The average molecular weight is 492 g/mol. The number of aromatic nitrogens is 3. The van der Waals surface area contributed by atoms with Crippen LogP contribution in [0.3, 0.4) is 0 Å². The number of benzene rings is 1. The maximum atomic E-state index is 12.4. The van der Waals surface area contributed by atoms with Crippen LogP contribution in [0.25, 0.3) is 11.4 Å². The highest BCUT2D eigenvalue weighted by molar-refractivity contribution is 7.99. The van der Waals surface area contributed by atoms with Gasteiger partial charge in [-0.3, -0.25) is 9.36 Å². The quantitative estimate of drug-likeness (QED) is 0.236. The average Bonchev–Trinajstić information content (AvgIpc) is 3.28. The second-order valence-corrected chi connectivity index (χ2v) is 8.29. The molecule has 0 aliphatic rings. The first-order chi connectivity index (χ1) is 13.8. The number of rotatable bonds is 7. The van der Waals surface area contributed by atoms with E-state index in [0.717, 1.165) is 11.3 Å². The normalized spacial score (nSPS) is 10.9. The fourth-order valence-electron chi connectivity index (χ4n) is 2.49. The molecule has 6 nitrogen and oxygen atoms in total. The Hall–Kier alpha value is -1.64. The van der Waals surface area contributed by atoms with Crippen LogP contribution in [0.1, 0.15) is 5.76 Å². The highest BCUT2D eigenvalue weighted by atomic mass is 35.5. The number of furan rings is 1. The molecule has 1 N–H and O–H groups in total. The summed E-state index contributed by atoms with van der Waals surface area (Å²) in [6.45, 7) is 6.08. The standard InChI is InChI=1S/C18H14Cl4N4O2S/c1-3-5-26-17(10-4-6-28-9(10)2)24-25-18(26)29-8-13(27)23-16-14(21)11(19)7-12(20)15(16)22/h3-4,6-7H,1,5,8H2,2H3,(H,23,27). The molecule has 0 aliphatic heterocycles. The summed E-state index contributed by atoms with van der Waals surface area (Å²) in [5, 5.41) is 12.2. The smallest absolute Gasteiger partial charge is 0.234 e. The van der Waals surface area contributed by atoms with Crippen molar-refractivity contribution in [2.75, 3.05) is 11.1 Å². The van der Waals surface area contributed by atoms with Crippen LogP contribution in [0.4, 0.5) is 5.69 Å². The lowest BCUT2D eigenvalue weighted by atomic mass is 10.2. The van der Waals surface area contributed by atoms with E-state index in [1.165, 1.54) is 17.8 Å². The minimum atomic E-state index is -0.355. The number of allylic oxidation sites excluding steroid dienone is 1. The van der Waals surface area contributed by atoms with Crippen LogP contribution in [-0.4, -0.2) is 26.4 Å². The Labute approximate surface area is 191 Å². The van der Waals surface area contributed by atoms with Gasteiger partial charge < -0.3 is 9.73 Å². The first-order valence-electron chi connectivity index (χ1n) is 8.17. The number of carbonyl (C=O) groups excluding carboxylic acids is 1. The van der Waals surface area contributed by atoms with E-state index in [9.17, 15) is 4.79 Å². The fraction of sp³-hybridized carbons (Fsp3) is 0.167. The molecule has 0 radical (unpaired) electrons. The van der Waals surface area contributed by atoms with E-state index in [0.29, 0.717) is 17.5 Å². The summed E-state index contributed by atoms with van der Waals surface area (Å²) in [6.07, 6.45) is 3.31. The number of aryl methyl sites for hydroxylation is 1. The molecule has 0 spiro atoms. The van der Waals surface area contributed by atoms with Crippen LogP contribution in [0.5, 0.6) is 0 Å². The zero-order valence-electron chi connectivity index (χ0n) is 15.0. The first-order valence-corrected chi connectivity index (χ1v) is 10.7. The van der Waals surface area contributed by atoms with Crippen LogP contribution in [0.15, 0.2) is 40.6 Å². The molecule has 0 unspecified atom stereocenters. The molecule has 0 saturated heterocycles. The number of nitrogens with zero attached hydrogens (tertiary/aromatic N) is 3. The van der Waals surface area contributed by atoms with Crippen molar-refractivity contribution in [1.82, 2.24) is 14.8 Å². The summed E-state index contributed by atoms with van der Waals surface area (Å²) in [5.74, 6) is 1.04. The Balaban J connectivity index is 1.77. The zero-order valence-corrected chi connectivity index (χ0v) is 18.8. The Morgan fingerprint density at radius 1 is 1.28 bits per heavy atom. The molecule has 0 bridgehead atoms. The van der Waals surface area contributed by atoms with Gasteiger partial charge in [-0.2, -0.15) is 0 Å². The summed E-state index contributed by atoms with van der Waals surface area (Å²) < 4.78 is 7.19. The molecule has 1 aromatic carbocycles. The molecule has 0 fully saturated rings. The molecule has 29 heavy (non-hydrogen) atoms. The topological polar surface area (TPSA) is 73.0 Å². The van der Waals surface area contributed by atoms with Gasteiger partial charge in [0.15, 0.2) is 11.0 Å². The Kier molecular flexibility index (Phi) is 7.19. The van der Waals surface area contributed by atoms with Crippen molar-refractivity contribution in [2.45, 2.75) is 18.6 Å². The highest BCUT2D eigenvalue weighted by Gasteiger charge is 2.19. The van der Waals surface area contributed by atoms with Crippen molar-refractivity contribution in [1.29, 1.82) is 0 Å². The lowest BCUT2D eigenvalue weighted by molar-refractivity contribution is -0.113. The lowest BCUT2D eigenvalue weighted by Gasteiger charge is -2.12. The molecule has 0 aliphatic carbocycles. The molecule has 152 valence electrons.